The van der Waals surface area contributed by atoms with Crippen LogP contribution in [0.3, 0.4) is 0 Å². The summed E-state index contributed by atoms with van der Waals surface area (Å²) in [6.07, 6.45) is 2.13. The van der Waals surface area contributed by atoms with Gasteiger partial charge in [0.25, 0.3) is 17.3 Å². The highest BCUT2D eigenvalue weighted by atomic mass is 16.6. The quantitative estimate of drug-likeness (QED) is 0.479. The third-order valence-electron chi connectivity index (χ3n) is 4.64. The van der Waals surface area contributed by atoms with Gasteiger partial charge in [-0.3, -0.25) is 25.0 Å². The first-order valence-corrected chi connectivity index (χ1v) is 8.03. The predicted molar refractivity (Wildman–Crippen MR) is 89.6 cm³/mol. The highest BCUT2D eigenvalue weighted by Gasteiger charge is 2.43. The Morgan fingerprint density at radius 3 is 2.04 bits per heavy atom. The molecular weight excluding hydrogens is 346 g/mol. The molecule has 10 heteroatoms. The average molecular weight is 365 g/mol. The fourth-order valence-corrected chi connectivity index (χ4v) is 3.06. The van der Waals surface area contributed by atoms with Gasteiger partial charge in [0.05, 0.1) is 28.6 Å². The number of esters is 1. The second kappa shape index (κ2) is 7.46. The van der Waals surface area contributed by atoms with Crippen LogP contribution in [0.4, 0.5) is 11.4 Å². The van der Waals surface area contributed by atoms with Gasteiger partial charge in [-0.2, -0.15) is 0 Å². The molecule has 10 nitrogen and oxygen atoms in total. The lowest BCUT2D eigenvalue weighted by atomic mass is 9.77. The molecule has 0 aromatic heterocycles. The molecule has 1 fully saturated rings. The number of nitro groups is 2. The number of ether oxygens (including phenoxy) is 1. The SMILES string of the molecule is COC(=O)C1(NC(=O)c2cc([N+](=O)[O-])cc([N+](=O)[O-])c2)CCC(C)CC1. The van der Waals surface area contributed by atoms with E-state index in [-0.39, 0.29) is 5.56 Å². The second-order valence-electron chi connectivity index (χ2n) is 6.46. The van der Waals surface area contributed by atoms with Crippen LogP contribution in [0.15, 0.2) is 18.2 Å². The lowest BCUT2D eigenvalue weighted by Gasteiger charge is -2.37. The Kier molecular flexibility index (Phi) is 5.53. The molecule has 0 saturated heterocycles. The van der Waals surface area contributed by atoms with E-state index in [1.54, 1.807) is 0 Å². The zero-order valence-electron chi connectivity index (χ0n) is 14.4. The summed E-state index contributed by atoms with van der Waals surface area (Å²) in [6, 6.07) is 2.66. The van der Waals surface area contributed by atoms with Crippen LogP contribution in [0.25, 0.3) is 0 Å². The first-order valence-electron chi connectivity index (χ1n) is 8.03. The van der Waals surface area contributed by atoms with Crippen molar-refractivity contribution in [2.45, 2.75) is 38.1 Å². The molecule has 140 valence electrons. The Labute approximate surface area is 148 Å². The van der Waals surface area contributed by atoms with Crippen molar-refractivity contribution in [2.75, 3.05) is 7.11 Å². The Hall–Kier alpha value is -3.04. The molecule has 0 unspecified atom stereocenters. The Balaban J connectivity index is 2.36. The molecule has 0 atom stereocenters. The zero-order valence-corrected chi connectivity index (χ0v) is 14.4. The van der Waals surface area contributed by atoms with Gasteiger partial charge in [0, 0.05) is 12.1 Å². The summed E-state index contributed by atoms with van der Waals surface area (Å²) in [5.41, 5.74) is -2.65. The maximum absolute atomic E-state index is 12.6. The average Bonchev–Trinajstić information content (AvgIpc) is 2.62. The first-order chi connectivity index (χ1) is 12.2. The summed E-state index contributed by atoms with van der Waals surface area (Å²) < 4.78 is 4.82. The summed E-state index contributed by atoms with van der Waals surface area (Å²) >= 11 is 0. The number of nitrogens with zero attached hydrogens (tertiary/aromatic N) is 2. The van der Waals surface area contributed by atoms with Crippen LogP contribution in [0.2, 0.25) is 0 Å². The van der Waals surface area contributed by atoms with Gasteiger partial charge in [0.1, 0.15) is 5.54 Å². The molecule has 2 rings (SSSR count). The maximum Gasteiger partial charge on any atom is 0.331 e. The number of carbonyl (C=O) groups excluding carboxylic acids is 2. The maximum atomic E-state index is 12.6. The topological polar surface area (TPSA) is 142 Å². The van der Waals surface area contributed by atoms with Gasteiger partial charge in [-0.1, -0.05) is 6.92 Å². The molecule has 1 aliphatic carbocycles. The molecule has 1 aliphatic rings. The van der Waals surface area contributed by atoms with Gasteiger partial charge in [-0.05, 0) is 31.6 Å². The number of rotatable bonds is 5. The smallest absolute Gasteiger partial charge is 0.331 e. The normalized spacial score (nSPS) is 22.3. The van der Waals surface area contributed by atoms with Crippen molar-refractivity contribution in [1.82, 2.24) is 5.32 Å². The second-order valence-corrected chi connectivity index (χ2v) is 6.46. The minimum atomic E-state index is -1.24. The lowest BCUT2D eigenvalue weighted by molar-refractivity contribution is -0.394. The number of benzene rings is 1. The van der Waals surface area contributed by atoms with Gasteiger partial charge in [0.15, 0.2) is 0 Å². The number of amides is 1. The van der Waals surface area contributed by atoms with Crippen LogP contribution in [0.5, 0.6) is 0 Å². The Morgan fingerprint density at radius 2 is 1.62 bits per heavy atom. The molecule has 26 heavy (non-hydrogen) atoms. The van der Waals surface area contributed by atoms with E-state index in [4.69, 9.17) is 4.74 Å². The summed E-state index contributed by atoms with van der Waals surface area (Å²) in [6.45, 7) is 2.03. The van der Waals surface area contributed by atoms with E-state index in [9.17, 15) is 29.8 Å². The molecule has 0 heterocycles. The predicted octanol–water partition coefficient (Wildman–Crippen LogP) is 2.35. The highest BCUT2D eigenvalue weighted by molar-refractivity contribution is 5.99. The molecule has 1 amide bonds. The van der Waals surface area contributed by atoms with Crippen molar-refractivity contribution in [2.24, 2.45) is 5.92 Å². The fraction of sp³-hybridized carbons (Fsp3) is 0.500. The summed E-state index contributed by atoms with van der Waals surface area (Å²) in [5, 5.41) is 24.5. The van der Waals surface area contributed by atoms with Crippen molar-refractivity contribution < 1.29 is 24.2 Å². The molecule has 1 aromatic rings. The zero-order chi connectivity index (χ0) is 19.5. The molecule has 1 N–H and O–H groups in total. The third kappa shape index (κ3) is 3.95. The molecule has 0 aliphatic heterocycles. The number of methoxy groups -OCH3 is 1. The fourth-order valence-electron chi connectivity index (χ4n) is 3.06. The minimum absolute atomic E-state index is 0.257. The van der Waals surface area contributed by atoms with Gasteiger partial charge < -0.3 is 10.1 Å². The van der Waals surface area contributed by atoms with E-state index in [1.807, 2.05) is 6.92 Å². The number of nitrogens with one attached hydrogen (secondary N) is 1. The molecule has 1 saturated carbocycles. The lowest BCUT2D eigenvalue weighted by Crippen LogP contribution is -2.56. The number of non-ortho nitro benzene ring substituents is 2. The van der Waals surface area contributed by atoms with Crippen LogP contribution >= 0.6 is 0 Å². The van der Waals surface area contributed by atoms with Crippen LogP contribution in [0.1, 0.15) is 43.0 Å². The van der Waals surface area contributed by atoms with E-state index >= 15 is 0 Å². The van der Waals surface area contributed by atoms with Crippen LogP contribution in [-0.4, -0.2) is 34.4 Å². The summed E-state index contributed by atoms with van der Waals surface area (Å²) in [7, 11) is 1.21. The van der Waals surface area contributed by atoms with E-state index in [1.165, 1.54) is 7.11 Å². The van der Waals surface area contributed by atoms with Crippen LogP contribution < -0.4 is 5.32 Å². The third-order valence-corrected chi connectivity index (χ3v) is 4.64. The summed E-state index contributed by atoms with van der Waals surface area (Å²) in [4.78, 5) is 45.2. The van der Waals surface area contributed by atoms with E-state index < -0.39 is 38.6 Å². The van der Waals surface area contributed by atoms with Gasteiger partial charge in [0.2, 0.25) is 0 Å². The summed E-state index contributed by atoms with van der Waals surface area (Å²) in [5.74, 6) is -1.00. The van der Waals surface area contributed by atoms with Crippen LogP contribution in [-0.2, 0) is 9.53 Å². The number of nitro benzene ring substituents is 2. The number of hydrogen-bond acceptors (Lipinski definition) is 7. The molecular formula is C16H19N3O7. The minimum Gasteiger partial charge on any atom is -0.467 e. The first kappa shape index (κ1) is 19.3. The van der Waals surface area contributed by atoms with Crippen molar-refractivity contribution in [3.63, 3.8) is 0 Å². The van der Waals surface area contributed by atoms with E-state index in [0.717, 1.165) is 18.2 Å². The van der Waals surface area contributed by atoms with Gasteiger partial charge in [-0.25, -0.2) is 4.79 Å². The van der Waals surface area contributed by atoms with Crippen LogP contribution in [0, 0.1) is 26.1 Å². The van der Waals surface area contributed by atoms with Crippen molar-refractivity contribution in [3.8, 4) is 0 Å². The van der Waals surface area contributed by atoms with Crippen molar-refractivity contribution >= 4 is 23.3 Å². The van der Waals surface area contributed by atoms with E-state index in [2.05, 4.69) is 5.32 Å². The molecule has 1 aromatic carbocycles. The molecule has 0 radical (unpaired) electrons. The van der Waals surface area contributed by atoms with E-state index in [0.29, 0.717) is 31.6 Å². The van der Waals surface area contributed by atoms with Gasteiger partial charge in [-0.15, -0.1) is 0 Å². The number of carbonyl (C=O) groups is 2. The Bertz CT molecular complexity index is 722. The standard InChI is InChI=1S/C16H19N3O7/c1-10-3-5-16(6-4-10,15(21)26-2)17-14(20)11-7-12(18(22)23)9-13(8-11)19(24)25/h7-10H,3-6H2,1-2H3,(H,17,20). The largest absolute Gasteiger partial charge is 0.467 e. The monoisotopic (exact) mass is 365 g/mol. The van der Waals surface area contributed by atoms with Gasteiger partial charge >= 0.3 is 5.97 Å². The van der Waals surface area contributed by atoms with Crippen molar-refractivity contribution in [1.29, 1.82) is 0 Å². The Morgan fingerprint density at radius 1 is 1.12 bits per heavy atom. The molecule has 0 bridgehead atoms. The molecule has 0 spiro atoms. The highest BCUT2D eigenvalue weighted by Crippen LogP contribution is 2.33. The van der Waals surface area contributed by atoms with Crippen molar-refractivity contribution in [3.05, 3.63) is 44.0 Å². The number of hydrogen-bond donors (Lipinski definition) is 1.